The van der Waals surface area contributed by atoms with Crippen LogP contribution in [0.1, 0.15) is 74.1 Å². The molecule has 1 heteroatoms. The minimum atomic E-state index is -0.110. The van der Waals surface area contributed by atoms with Gasteiger partial charge < -0.3 is 5.11 Å². The second kappa shape index (κ2) is 4.87. The summed E-state index contributed by atoms with van der Waals surface area (Å²) >= 11 is 0. The van der Waals surface area contributed by atoms with Crippen molar-refractivity contribution in [3.63, 3.8) is 0 Å². The maximum absolute atomic E-state index is 10.0. The van der Waals surface area contributed by atoms with E-state index in [-0.39, 0.29) is 11.5 Å². The molecule has 2 rings (SSSR count). The van der Waals surface area contributed by atoms with Crippen LogP contribution in [0.3, 0.4) is 0 Å². The van der Waals surface area contributed by atoms with Crippen LogP contribution in [0.4, 0.5) is 0 Å². The maximum Gasteiger partial charge on any atom is 0.0577 e. The first-order valence-electron chi connectivity index (χ1n) is 8.34. The summed E-state index contributed by atoms with van der Waals surface area (Å²) in [6.45, 7) is 16.9. The van der Waals surface area contributed by atoms with Crippen LogP contribution in [0.15, 0.2) is 11.6 Å². The SMILES string of the molecule is CC(C)(C)C1CC=C2C[C@@H](O)CC[C@]2(C)C1C(C)(C)C. The summed E-state index contributed by atoms with van der Waals surface area (Å²) in [7, 11) is 0. The van der Waals surface area contributed by atoms with E-state index in [1.54, 1.807) is 0 Å². The molecule has 1 saturated carbocycles. The lowest BCUT2D eigenvalue weighted by molar-refractivity contribution is -0.0429. The van der Waals surface area contributed by atoms with Gasteiger partial charge in [0.05, 0.1) is 6.10 Å². The molecule has 2 unspecified atom stereocenters. The van der Waals surface area contributed by atoms with Gasteiger partial charge >= 0.3 is 0 Å². The fourth-order valence-electron chi connectivity index (χ4n) is 5.15. The van der Waals surface area contributed by atoms with E-state index in [0.29, 0.717) is 16.7 Å². The first-order chi connectivity index (χ1) is 8.96. The molecule has 0 aliphatic heterocycles. The average molecular weight is 278 g/mol. The van der Waals surface area contributed by atoms with Gasteiger partial charge in [-0.2, -0.15) is 0 Å². The summed E-state index contributed by atoms with van der Waals surface area (Å²) in [4.78, 5) is 0. The summed E-state index contributed by atoms with van der Waals surface area (Å²) in [5.41, 5.74) is 2.48. The number of hydrogen-bond acceptors (Lipinski definition) is 1. The lowest BCUT2D eigenvalue weighted by Gasteiger charge is -2.58. The molecule has 0 aromatic heterocycles. The molecule has 0 heterocycles. The summed E-state index contributed by atoms with van der Waals surface area (Å²) in [6.07, 6.45) is 6.57. The van der Waals surface area contributed by atoms with Gasteiger partial charge in [-0.15, -0.1) is 0 Å². The summed E-state index contributed by atoms with van der Waals surface area (Å²) in [5.74, 6) is 1.42. The number of hydrogen-bond donors (Lipinski definition) is 1. The van der Waals surface area contributed by atoms with E-state index in [4.69, 9.17) is 0 Å². The van der Waals surface area contributed by atoms with E-state index < -0.39 is 0 Å². The van der Waals surface area contributed by atoms with E-state index in [9.17, 15) is 5.11 Å². The molecule has 1 fully saturated rings. The molecule has 0 aromatic rings. The number of rotatable bonds is 0. The van der Waals surface area contributed by atoms with Crippen molar-refractivity contribution in [1.82, 2.24) is 0 Å². The van der Waals surface area contributed by atoms with E-state index in [1.165, 1.54) is 12.0 Å². The molecule has 0 bridgehead atoms. The minimum Gasteiger partial charge on any atom is -0.393 e. The van der Waals surface area contributed by atoms with Gasteiger partial charge in [0.15, 0.2) is 0 Å². The largest absolute Gasteiger partial charge is 0.393 e. The van der Waals surface area contributed by atoms with Crippen molar-refractivity contribution in [1.29, 1.82) is 0 Å². The van der Waals surface area contributed by atoms with Crippen LogP contribution < -0.4 is 0 Å². The standard InChI is InChI=1S/C19H34O/c1-17(2,3)15-9-8-13-12-14(20)10-11-19(13,7)16(15)18(4,5)6/h8,14-16,20H,9-12H2,1-7H3/t14-,15?,16?,19-/m0/s1. The zero-order valence-corrected chi connectivity index (χ0v) is 14.6. The second-order valence-corrected chi connectivity index (χ2v) is 9.60. The van der Waals surface area contributed by atoms with Crippen LogP contribution >= 0.6 is 0 Å². The fraction of sp³-hybridized carbons (Fsp3) is 0.895. The van der Waals surface area contributed by atoms with Gasteiger partial charge in [0, 0.05) is 0 Å². The van der Waals surface area contributed by atoms with Crippen LogP contribution in [-0.2, 0) is 0 Å². The molecular weight excluding hydrogens is 244 g/mol. The molecule has 20 heavy (non-hydrogen) atoms. The molecule has 2 aliphatic carbocycles. The Balaban J connectivity index is 2.47. The Bertz CT molecular complexity index is 393. The molecule has 0 spiro atoms. The van der Waals surface area contributed by atoms with Crippen LogP contribution in [0.5, 0.6) is 0 Å². The lowest BCUT2D eigenvalue weighted by atomic mass is 9.47. The van der Waals surface area contributed by atoms with Crippen LogP contribution in [-0.4, -0.2) is 11.2 Å². The van der Waals surface area contributed by atoms with E-state index in [2.05, 4.69) is 54.5 Å². The van der Waals surface area contributed by atoms with Crippen molar-refractivity contribution in [2.45, 2.75) is 80.3 Å². The van der Waals surface area contributed by atoms with Crippen molar-refractivity contribution in [3.05, 3.63) is 11.6 Å². The monoisotopic (exact) mass is 278 g/mol. The van der Waals surface area contributed by atoms with Gasteiger partial charge in [-0.25, -0.2) is 0 Å². The zero-order valence-electron chi connectivity index (χ0n) is 14.6. The van der Waals surface area contributed by atoms with Crippen molar-refractivity contribution >= 4 is 0 Å². The Labute approximate surface area is 125 Å². The molecule has 1 N–H and O–H groups in total. The predicted octanol–water partition coefficient (Wildman–Crippen LogP) is 5.19. The smallest absolute Gasteiger partial charge is 0.0577 e. The number of aliphatic hydroxyl groups excluding tert-OH is 1. The second-order valence-electron chi connectivity index (χ2n) is 9.60. The quantitative estimate of drug-likeness (QED) is 0.604. The molecular formula is C19H34O. The van der Waals surface area contributed by atoms with Crippen molar-refractivity contribution in [3.8, 4) is 0 Å². The van der Waals surface area contributed by atoms with Gasteiger partial charge in [0.1, 0.15) is 0 Å². The van der Waals surface area contributed by atoms with Gasteiger partial charge in [-0.05, 0) is 53.8 Å². The summed E-state index contributed by atoms with van der Waals surface area (Å²) in [6, 6.07) is 0. The van der Waals surface area contributed by atoms with Gasteiger partial charge in [-0.1, -0.05) is 60.1 Å². The lowest BCUT2D eigenvalue weighted by Crippen LogP contribution is -2.50. The third kappa shape index (κ3) is 2.71. The Hall–Kier alpha value is -0.300. The highest BCUT2D eigenvalue weighted by atomic mass is 16.3. The molecule has 0 amide bonds. The highest BCUT2D eigenvalue weighted by Gasteiger charge is 2.53. The van der Waals surface area contributed by atoms with Crippen molar-refractivity contribution < 1.29 is 5.11 Å². The van der Waals surface area contributed by atoms with E-state index in [0.717, 1.165) is 25.2 Å². The van der Waals surface area contributed by atoms with Gasteiger partial charge in [-0.3, -0.25) is 0 Å². The third-order valence-electron chi connectivity index (χ3n) is 5.94. The van der Waals surface area contributed by atoms with Crippen molar-refractivity contribution in [2.75, 3.05) is 0 Å². The normalized spacial score (nSPS) is 39.2. The van der Waals surface area contributed by atoms with E-state index in [1.807, 2.05) is 0 Å². The Morgan fingerprint density at radius 1 is 1.10 bits per heavy atom. The highest BCUT2D eigenvalue weighted by Crippen LogP contribution is 2.61. The Kier molecular flexibility index (Phi) is 3.91. The Morgan fingerprint density at radius 3 is 2.20 bits per heavy atom. The number of fused-ring (bicyclic) bond motifs is 1. The topological polar surface area (TPSA) is 20.2 Å². The molecule has 0 aromatic carbocycles. The summed E-state index contributed by atoms with van der Waals surface area (Å²) < 4.78 is 0. The molecule has 1 nitrogen and oxygen atoms in total. The van der Waals surface area contributed by atoms with Crippen molar-refractivity contribution in [2.24, 2.45) is 28.1 Å². The fourth-order valence-corrected chi connectivity index (χ4v) is 5.15. The Morgan fingerprint density at radius 2 is 1.70 bits per heavy atom. The maximum atomic E-state index is 10.0. The zero-order chi connectivity index (χ0) is 15.3. The van der Waals surface area contributed by atoms with Crippen LogP contribution in [0.2, 0.25) is 0 Å². The average Bonchev–Trinajstić information content (AvgIpc) is 2.25. The van der Waals surface area contributed by atoms with Gasteiger partial charge in [0.2, 0.25) is 0 Å². The van der Waals surface area contributed by atoms with Gasteiger partial charge in [0.25, 0.3) is 0 Å². The first-order valence-corrected chi connectivity index (χ1v) is 8.34. The van der Waals surface area contributed by atoms with Crippen LogP contribution in [0.25, 0.3) is 0 Å². The molecule has 116 valence electrons. The van der Waals surface area contributed by atoms with E-state index >= 15 is 0 Å². The first kappa shape index (κ1) is 16.1. The number of aliphatic hydroxyl groups is 1. The molecule has 2 aliphatic rings. The molecule has 0 radical (unpaired) electrons. The minimum absolute atomic E-state index is 0.110. The summed E-state index contributed by atoms with van der Waals surface area (Å²) in [5, 5.41) is 10.0. The number of allylic oxidation sites excluding steroid dienone is 1. The van der Waals surface area contributed by atoms with Crippen LogP contribution in [0, 0.1) is 28.1 Å². The molecule has 0 saturated heterocycles. The highest BCUT2D eigenvalue weighted by molar-refractivity contribution is 5.25. The third-order valence-corrected chi connectivity index (χ3v) is 5.94. The molecule has 4 atom stereocenters. The predicted molar refractivity (Wildman–Crippen MR) is 86.6 cm³/mol.